The number of benzene rings is 1. The van der Waals surface area contributed by atoms with Gasteiger partial charge < -0.3 is 20.5 Å². The molecule has 5 nitrogen and oxygen atoms in total. The van der Waals surface area contributed by atoms with Gasteiger partial charge in [-0.15, -0.1) is 0 Å². The molecule has 0 unspecified atom stereocenters. The molecule has 1 amide bonds. The zero-order valence-electron chi connectivity index (χ0n) is 12.0. The molecular weight excluding hydrogens is 256 g/mol. The summed E-state index contributed by atoms with van der Waals surface area (Å²) in [7, 11) is 1.57. The van der Waals surface area contributed by atoms with Crippen LogP contribution in [0, 0.1) is 5.92 Å². The predicted octanol–water partition coefficient (Wildman–Crippen LogP) is 1.62. The zero-order valence-corrected chi connectivity index (χ0v) is 12.0. The molecule has 1 aliphatic rings. The molecular formula is C15H22N2O3. The third kappa shape index (κ3) is 4.13. The second kappa shape index (κ2) is 6.61. The molecule has 20 heavy (non-hydrogen) atoms. The van der Waals surface area contributed by atoms with Gasteiger partial charge in [0.05, 0.1) is 7.11 Å². The van der Waals surface area contributed by atoms with E-state index in [1.807, 2.05) is 19.1 Å². The van der Waals surface area contributed by atoms with Crippen LogP contribution in [0.5, 0.6) is 11.5 Å². The first-order valence-electron chi connectivity index (χ1n) is 6.93. The fraction of sp³-hybridized carbons (Fsp3) is 0.533. The van der Waals surface area contributed by atoms with Gasteiger partial charge in [-0.05, 0) is 43.4 Å². The third-order valence-electron chi connectivity index (χ3n) is 3.36. The van der Waals surface area contributed by atoms with E-state index in [1.165, 1.54) is 12.8 Å². The molecule has 0 saturated heterocycles. The number of carbonyl (C=O) groups is 1. The largest absolute Gasteiger partial charge is 0.493 e. The first-order chi connectivity index (χ1) is 9.60. The first kappa shape index (κ1) is 14.7. The second-order valence-electron chi connectivity index (χ2n) is 5.24. The lowest BCUT2D eigenvalue weighted by atomic mass is 10.1. The van der Waals surface area contributed by atoms with Crippen LogP contribution < -0.4 is 20.5 Å². The Labute approximate surface area is 119 Å². The van der Waals surface area contributed by atoms with Crippen molar-refractivity contribution in [3.8, 4) is 11.5 Å². The Bertz CT molecular complexity index is 470. The summed E-state index contributed by atoms with van der Waals surface area (Å²) in [5, 5.41) is 2.86. The lowest BCUT2D eigenvalue weighted by molar-refractivity contribution is -0.123. The maximum atomic E-state index is 11.6. The van der Waals surface area contributed by atoms with Crippen molar-refractivity contribution in [3.05, 3.63) is 23.8 Å². The summed E-state index contributed by atoms with van der Waals surface area (Å²) in [5.41, 5.74) is 6.79. The maximum absolute atomic E-state index is 11.6. The number of rotatable bonds is 7. The van der Waals surface area contributed by atoms with Gasteiger partial charge >= 0.3 is 0 Å². The van der Waals surface area contributed by atoms with Crippen LogP contribution in [-0.4, -0.2) is 26.2 Å². The van der Waals surface area contributed by atoms with Gasteiger partial charge in [0.15, 0.2) is 18.1 Å². The molecule has 1 aromatic rings. The van der Waals surface area contributed by atoms with Crippen molar-refractivity contribution in [2.24, 2.45) is 11.7 Å². The molecule has 1 aliphatic carbocycles. The quantitative estimate of drug-likeness (QED) is 0.795. The van der Waals surface area contributed by atoms with E-state index in [-0.39, 0.29) is 18.6 Å². The summed E-state index contributed by atoms with van der Waals surface area (Å²) >= 11 is 0. The van der Waals surface area contributed by atoms with E-state index in [0.29, 0.717) is 17.4 Å². The minimum atomic E-state index is -0.102. The highest BCUT2D eigenvalue weighted by molar-refractivity contribution is 5.77. The van der Waals surface area contributed by atoms with Crippen molar-refractivity contribution >= 4 is 5.91 Å². The smallest absolute Gasteiger partial charge is 0.257 e. The average Bonchev–Trinajstić information content (AvgIpc) is 3.26. The molecule has 110 valence electrons. The minimum Gasteiger partial charge on any atom is -0.493 e. The summed E-state index contributed by atoms with van der Waals surface area (Å²) in [6.07, 6.45) is 2.43. The molecule has 0 bridgehead atoms. The normalized spacial score (nSPS) is 15.6. The van der Waals surface area contributed by atoms with E-state index in [1.54, 1.807) is 13.2 Å². The minimum absolute atomic E-state index is 0.000600. The number of hydrogen-bond acceptors (Lipinski definition) is 4. The van der Waals surface area contributed by atoms with Crippen LogP contribution in [-0.2, 0) is 4.79 Å². The Balaban J connectivity index is 1.88. The van der Waals surface area contributed by atoms with E-state index in [2.05, 4.69) is 5.32 Å². The molecule has 0 spiro atoms. The van der Waals surface area contributed by atoms with Crippen molar-refractivity contribution in [1.82, 2.24) is 5.32 Å². The number of amides is 1. The van der Waals surface area contributed by atoms with Crippen LogP contribution in [0.25, 0.3) is 0 Å². The molecule has 1 saturated carbocycles. The van der Waals surface area contributed by atoms with Crippen LogP contribution in [0.15, 0.2) is 18.2 Å². The lowest BCUT2D eigenvalue weighted by Gasteiger charge is -2.13. The van der Waals surface area contributed by atoms with Crippen LogP contribution in [0.1, 0.15) is 31.4 Å². The second-order valence-corrected chi connectivity index (χ2v) is 5.24. The lowest BCUT2D eigenvalue weighted by Crippen LogP contribution is -2.30. The number of carbonyl (C=O) groups excluding carboxylic acids is 1. The number of nitrogens with two attached hydrogens (primary N) is 1. The average molecular weight is 278 g/mol. The number of hydrogen-bond donors (Lipinski definition) is 2. The van der Waals surface area contributed by atoms with Gasteiger partial charge in [0.2, 0.25) is 0 Å². The monoisotopic (exact) mass is 278 g/mol. The molecule has 0 aromatic heterocycles. The third-order valence-corrected chi connectivity index (χ3v) is 3.36. The standard InChI is InChI=1S/C15H22N2O3/c1-10(16)12-5-6-13(14(7-12)19-2)20-9-15(18)17-8-11-3-4-11/h5-7,10-11H,3-4,8-9,16H2,1-2H3,(H,17,18)/t10-/m1/s1. The Morgan fingerprint density at radius 2 is 2.20 bits per heavy atom. The number of nitrogens with one attached hydrogen (secondary N) is 1. The van der Waals surface area contributed by atoms with Gasteiger partial charge in [-0.25, -0.2) is 0 Å². The zero-order chi connectivity index (χ0) is 14.5. The van der Waals surface area contributed by atoms with Gasteiger partial charge in [0.1, 0.15) is 0 Å². The van der Waals surface area contributed by atoms with Crippen LogP contribution in [0.4, 0.5) is 0 Å². The van der Waals surface area contributed by atoms with Crippen molar-refractivity contribution in [2.75, 3.05) is 20.3 Å². The van der Waals surface area contributed by atoms with Crippen LogP contribution in [0.3, 0.4) is 0 Å². The molecule has 2 rings (SSSR count). The SMILES string of the molecule is COc1cc([C@@H](C)N)ccc1OCC(=O)NCC1CC1. The Morgan fingerprint density at radius 3 is 2.80 bits per heavy atom. The maximum Gasteiger partial charge on any atom is 0.257 e. The number of ether oxygens (including phenoxy) is 2. The van der Waals surface area contributed by atoms with E-state index >= 15 is 0 Å². The van der Waals surface area contributed by atoms with Crippen LogP contribution >= 0.6 is 0 Å². The van der Waals surface area contributed by atoms with Gasteiger partial charge in [-0.3, -0.25) is 4.79 Å². The molecule has 1 atom stereocenters. The molecule has 3 N–H and O–H groups in total. The van der Waals surface area contributed by atoms with Gasteiger partial charge in [-0.1, -0.05) is 6.07 Å². The summed E-state index contributed by atoms with van der Waals surface area (Å²) in [5.74, 6) is 1.71. The Kier molecular flexibility index (Phi) is 4.84. The molecule has 0 radical (unpaired) electrons. The highest BCUT2D eigenvalue weighted by atomic mass is 16.5. The molecule has 0 heterocycles. The molecule has 0 aliphatic heterocycles. The topological polar surface area (TPSA) is 73.6 Å². The van der Waals surface area contributed by atoms with E-state index in [0.717, 1.165) is 12.1 Å². The van der Waals surface area contributed by atoms with Crippen molar-refractivity contribution in [2.45, 2.75) is 25.8 Å². The molecule has 5 heteroatoms. The van der Waals surface area contributed by atoms with Gasteiger partial charge in [0.25, 0.3) is 5.91 Å². The Hall–Kier alpha value is -1.75. The van der Waals surface area contributed by atoms with E-state index < -0.39 is 0 Å². The fourth-order valence-corrected chi connectivity index (χ4v) is 1.86. The number of methoxy groups -OCH3 is 1. The summed E-state index contributed by atoms with van der Waals surface area (Å²) in [6, 6.07) is 5.43. The van der Waals surface area contributed by atoms with Crippen molar-refractivity contribution in [1.29, 1.82) is 0 Å². The summed E-state index contributed by atoms with van der Waals surface area (Å²) in [6.45, 7) is 2.66. The van der Waals surface area contributed by atoms with Crippen molar-refractivity contribution < 1.29 is 14.3 Å². The van der Waals surface area contributed by atoms with Gasteiger partial charge in [0, 0.05) is 12.6 Å². The Morgan fingerprint density at radius 1 is 1.45 bits per heavy atom. The van der Waals surface area contributed by atoms with E-state index in [4.69, 9.17) is 15.2 Å². The predicted molar refractivity (Wildman–Crippen MR) is 76.8 cm³/mol. The molecule has 1 fully saturated rings. The highest BCUT2D eigenvalue weighted by Crippen LogP contribution is 2.30. The fourth-order valence-electron chi connectivity index (χ4n) is 1.86. The van der Waals surface area contributed by atoms with E-state index in [9.17, 15) is 4.79 Å². The highest BCUT2D eigenvalue weighted by Gasteiger charge is 2.21. The summed E-state index contributed by atoms with van der Waals surface area (Å²) < 4.78 is 10.8. The summed E-state index contributed by atoms with van der Waals surface area (Å²) in [4.78, 5) is 11.6. The van der Waals surface area contributed by atoms with Crippen molar-refractivity contribution in [3.63, 3.8) is 0 Å². The van der Waals surface area contributed by atoms with Gasteiger partial charge in [-0.2, -0.15) is 0 Å². The first-order valence-corrected chi connectivity index (χ1v) is 6.93. The van der Waals surface area contributed by atoms with Crippen LogP contribution in [0.2, 0.25) is 0 Å². The molecule has 1 aromatic carbocycles.